The van der Waals surface area contributed by atoms with Crippen molar-refractivity contribution in [3.8, 4) is 0 Å². The van der Waals surface area contributed by atoms with Crippen molar-refractivity contribution in [2.45, 2.75) is 46.1 Å². The van der Waals surface area contributed by atoms with Gasteiger partial charge in [0, 0.05) is 18.6 Å². The van der Waals surface area contributed by atoms with Crippen LogP contribution in [-0.4, -0.2) is 25.2 Å². The lowest BCUT2D eigenvalue weighted by Crippen LogP contribution is -2.47. The van der Waals surface area contributed by atoms with Gasteiger partial charge in [0.15, 0.2) is 0 Å². The summed E-state index contributed by atoms with van der Waals surface area (Å²) in [5.41, 5.74) is 0.750. The van der Waals surface area contributed by atoms with Crippen molar-refractivity contribution in [1.82, 2.24) is 10.6 Å². The molecular weight excluding hydrogens is 160 g/mol. The molecule has 1 aliphatic heterocycles. The number of nitrogens with one attached hydrogen (secondary N) is 2. The molecule has 0 aliphatic carbocycles. The van der Waals surface area contributed by atoms with Crippen LogP contribution < -0.4 is 10.6 Å². The van der Waals surface area contributed by atoms with Crippen molar-refractivity contribution >= 4 is 0 Å². The minimum absolute atomic E-state index is 0.352. The van der Waals surface area contributed by atoms with Crippen molar-refractivity contribution in [1.29, 1.82) is 0 Å². The third-order valence-corrected chi connectivity index (χ3v) is 2.63. The molecule has 0 aromatic carbocycles. The van der Waals surface area contributed by atoms with Crippen LogP contribution in [0.1, 0.15) is 40.5 Å². The molecule has 1 saturated heterocycles. The smallest absolute Gasteiger partial charge is 0.0278 e. The van der Waals surface area contributed by atoms with E-state index in [0.29, 0.717) is 11.0 Å². The summed E-state index contributed by atoms with van der Waals surface area (Å²) >= 11 is 0. The largest absolute Gasteiger partial charge is 0.314 e. The van der Waals surface area contributed by atoms with Gasteiger partial charge in [0.2, 0.25) is 0 Å². The van der Waals surface area contributed by atoms with E-state index in [0.717, 1.165) is 13.1 Å². The predicted octanol–water partition coefficient (Wildman–Crippen LogP) is 1.76. The van der Waals surface area contributed by atoms with E-state index in [-0.39, 0.29) is 0 Å². The molecule has 1 aliphatic rings. The van der Waals surface area contributed by atoms with Crippen LogP contribution in [0.25, 0.3) is 0 Å². The van der Waals surface area contributed by atoms with Crippen LogP contribution in [0, 0.1) is 5.41 Å². The summed E-state index contributed by atoms with van der Waals surface area (Å²) in [6, 6.07) is 0. The molecule has 0 saturated carbocycles. The first kappa shape index (κ1) is 11.0. The quantitative estimate of drug-likeness (QED) is 0.698. The third kappa shape index (κ3) is 4.10. The van der Waals surface area contributed by atoms with Crippen LogP contribution in [0.5, 0.6) is 0 Å². The van der Waals surface area contributed by atoms with Crippen molar-refractivity contribution < 1.29 is 0 Å². The number of rotatable bonds is 3. The Morgan fingerprint density at radius 2 is 2.08 bits per heavy atom. The second-order valence-corrected chi connectivity index (χ2v) is 5.76. The monoisotopic (exact) mass is 184 g/mol. The maximum atomic E-state index is 3.56. The van der Waals surface area contributed by atoms with E-state index in [4.69, 9.17) is 0 Å². The Hall–Kier alpha value is -0.0800. The minimum Gasteiger partial charge on any atom is -0.314 e. The van der Waals surface area contributed by atoms with Crippen molar-refractivity contribution in [3.63, 3.8) is 0 Å². The van der Waals surface area contributed by atoms with Gasteiger partial charge in [-0.05, 0) is 31.7 Å². The van der Waals surface area contributed by atoms with Gasteiger partial charge in [0.1, 0.15) is 0 Å². The highest BCUT2D eigenvalue weighted by Gasteiger charge is 2.27. The SMILES string of the molecule is CC(C)(C)CNCC1(C)CCCN1. The van der Waals surface area contributed by atoms with Crippen LogP contribution in [0.4, 0.5) is 0 Å². The molecule has 1 fully saturated rings. The second-order valence-electron chi connectivity index (χ2n) is 5.76. The highest BCUT2D eigenvalue weighted by Crippen LogP contribution is 2.18. The minimum atomic E-state index is 0.352. The molecule has 0 radical (unpaired) electrons. The third-order valence-electron chi connectivity index (χ3n) is 2.63. The summed E-state index contributed by atoms with van der Waals surface area (Å²) in [7, 11) is 0. The van der Waals surface area contributed by atoms with Crippen LogP contribution in [0.2, 0.25) is 0 Å². The molecule has 78 valence electrons. The fourth-order valence-electron chi connectivity index (χ4n) is 1.82. The van der Waals surface area contributed by atoms with Gasteiger partial charge in [0.05, 0.1) is 0 Å². The highest BCUT2D eigenvalue weighted by molar-refractivity contribution is 4.90. The lowest BCUT2D eigenvalue weighted by molar-refractivity contribution is 0.328. The van der Waals surface area contributed by atoms with Crippen LogP contribution >= 0.6 is 0 Å². The molecule has 2 heteroatoms. The van der Waals surface area contributed by atoms with Gasteiger partial charge in [-0.15, -0.1) is 0 Å². The molecule has 0 spiro atoms. The van der Waals surface area contributed by atoms with E-state index in [1.54, 1.807) is 0 Å². The summed E-state index contributed by atoms with van der Waals surface area (Å²) < 4.78 is 0. The lowest BCUT2D eigenvalue weighted by atomic mass is 9.95. The summed E-state index contributed by atoms with van der Waals surface area (Å²) in [6.45, 7) is 12.5. The Morgan fingerprint density at radius 1 is 1.38 bits per heavy atom. The van der Waals surface area contributed by atoms with E-state index in [2.05, 4.69) is 38.3 Å². The fourth-order valence-corrected chi connectivity index (χ4v) is 1.82. The summed E-state index contributed by atoms with van der Waals surface area (Å²) in [6.07, 6.45) is 2.64. The number of hydrogen-bond acceptors (Lipinski definition) is 2. The first-order valence-electron chi connectivity index (χ1n) is 5.37. The average molecular weight is 184 g/mol. The molecule has 13 heavy (non-hydrogen) atoms. The molecule has 2 N–H and O–H groups in total. The second kappa shape index (κ2) is 3.97. The molecule has 2 nitrogen and oxygen atoms in total. The van der Waals surface area contributed by atoms with E-state index in [1.807, 2.05) is 0 Å². The van der Waals surface area contributed by atoms with Gasteiger partial charge in [-0.2, -0.15) is 0 Å². The van der Waals surface area contributed by atoms with E-state index in [9.17, 15) is 0 Å². The van der Waals surface area contributed by atoms with Gasteiger partial charge >= 0.3 is 0 Å². The zero-order chi connectivity index (χ0) is 9.95. The Bertz CT molecular complexity index is 152. The normalized spacial score (nSPS) is 29.5. The van der Waals surface area contributed by atoms with E-state index >= 15 is 0 Å². The first-order chi connectivity index (χ1) is 5.91. The van der Waals surface area contributed by atoms with Crippen LogP contribution in [0.15, 0.2) is 0 Å². The van der Waals surface area contributed by atoms with E-state index < -0.39 is 0 Å². The van der Waals surface area contributed by atoms with Gasteiger partial charge < -0.3 is 10.6 Å². The summed E-state index contributed by atoms with van der Waals surface area (Å²) in [4.78, 5) is 0. The standard InChI is InChI=1S/C11H24N2/c1-10(2,3)8-12-9-11(4)6-5-7-13-11/h12-13H,5-9H2,1-4H3. The molecule has 1 heterocycles. The summed E-state index contributed by atoms with van der Waals surface area (Å²) in [5, 5.41) is 7.10. The Kier molecular flexibility index (Phi) is 3.36. The Labute approximate surface area is 82.5 Å². The number of hydrogen-bond donors (Lipinski definition) is 2. The Morgan fingerprint density at radius 3 is 2.54 bits per heavy atom. The Balaban J connectivity index is 2.18. The molecular formula is C11H24N2. The molecule has 1 unspecified atom stereocenters. The molecule has 0 aromatic heterocycles. The average Bonchev–Trinajstić information content (AvgIpc) is 2.33. The predicted molar refractivity (Wildman–Crippen MR) is 58.0 cm³/mol. The van der Waals surface area contributed by atoms with Gasteiger partial charge in [-0.3, -0.25) is 0 Å². The van der Waals surface area contributed by atoms with Gasteiger partial charge in [0.25, 0.3) is 0 Å². The molecule has 0 bridgehead atoms. The van der Waals surface area contributed by atoms with E-state index in [1.165, 1.54) is 19.4 Å². The van der Waals surface area contributed by atoms with Crippen molar-refractivity contribution in [3.05, 3.63) is 0 Å². The van der Waals surface area contributed by atoms with Gasteiger partial charge in [-0.25, -0.2) is 0 Å². The maximum absolute atomic E-state index is 3.56. The summed E-state index contributed by atoms with van der Waals surface area (Å²) in [5.74, 6) is 0. The van der Waals surface area contributed by atoms with Crippen molar-refractivity contribution in [2.24, 2.45) is 5.41 Å². The van der Waals surface area contributed by atoms with Crippen molar-refractivity contribution in [2.75, 3.05) is 19.6 Å². The topological polar surface area (TPSA) is 24.1 Å². The van der Waals surface area contributed by atoms with Crippen LogP contribution in [-0.2, 0) is 0 Å². The lowest BCUT2D eigenvalue weighted by Gasteiger charge is -2.27. The molecule has 0 aromatic rings. The molecule has 0 amide bonds. The highest BCUT2D eigenvalue weighted by atomic mass is 15.0. The maximum Gasteiger partial charge on any atom is 0.0278 e. The van der Waals surface area contributed by atoms with Gasteiger partial charge in [-0.1, -0.05) is 20.8 Å². The zero-order valence-corrected chi connectivity index (χ0v) is 9.54. The molecule has 1 rings (SSSR count). The fraction of sp³-hybridized carbons (Fsp3) is 1.00. The zero-order valence-electron chi connectivity index (χ0n) is 9.54. The van der Waals surface area contributed by atoms with Crippen LogP contribution in [0.3, 0.4) is 0 Å². The molecule has 1 atom stereocenters. The first-order valence-corrected chi connectivity index (χ1v) is 5.37.